The van der Waals surface area contributed by atoms with Gasteiger partial charge in [0.1, 0.15) is 0 Å². The minimum Gasteiger partial charge on any atom is -0.399 e. The lowest BCUT2D eigenvalue weighted by atomic mass is 10.3. The number of carbonyl (C=O) groups is 1. The standard InChI is InChI=1S/C14H20N2OS/c1-10(18-13-7-2-3-8-13)14(17)16-12-6-4-5-11(15)9-12/h4-6,9-10,13H,2-3,7-8,15H2,1H3,(H,16,17). The van der Waals surface area contributed by atoms with E-state index in [1.54, 1.807) is 17.8 Å². The number of hydrogen-bond acceptors (Lipinski definition) is 3. The number of rotatable bonds is 4. The molecule has 0 heterocycles. The fraction of sp³-hybridized carbons (Fsp3) is 0.500. The molecule has 0 saturated heterocycles. The van der Waals surface area contributed by atoms with E-state index in [-0.39, 0.29) is 11.2 Å². The van der Waals surface area contributed by atoms with Gasteiger partial charge in [0, 0.05) is 16.6 Å². The molecule has 4 heteroatoms. The van der Waals surface area contributed by atoms with Crippen molar-refractivity contribution in [3.63, 3.8) is 0 Å². The van der Waals surface area contributed by atoms with Crippen LogP contribution < -0.4 is 11.1 Å². The Morgan fingerprint density at radius 2 is 2.17 bits per heavy atom. The van der Waals surface area contributed by atoms with E-state index in [0.29, 0.717) is 10.9 Å². The van der Waals surface area contributed by atoms with Gasteiger partial charge in [0.05, 0.1) is 5.25 Å². The second-order valence-electron chi connectivity index (χ2n) is 4.80. The van der Waals surface area contributed by atoms with Crippen molar-refractivity contribution in [3.8, 4) is 0 Å². The van der Waals surface area contributed by atoms with Crippen molar-refractivity contribution >= 4 is 29.0 Å². The fourth-order valence-corrected chi connectivity index (χ4v) is 3.60. The van der Waals surface area contributed by atoms with Gasteiger partial charge in [-0.15, -0.1) is 11.8 Å². The van der Waals surface area contributed by atoms with Crippen LogP contribution in [0.4, 0.5) is 11.4 Å². The van der Waals surface area contributed by atoms with Gasteiger partial charge in [-0.25, -0.2) is 0 Å². The van der Waals surface area contributed by atoms with Crippen molar-refractivity contribution < 1.29 is 4.79 Å². The number of nitrogen functional groups attached to an aromatic ring is 1. The summed E-state index contributed by atoms with van der Waals surface area (Å²) in [5, 5.41) is 3.57. The van der Waals surface area contributed by atoms with E-state index in [1.807, 2.05) is 25.1 Å². The van der Waals surface area contributed by atoms with Crippen LogP contribution in [-0.2, 0) is 4.79 Å². The number of benzene rings is 1. The lowest BCUT2D eigenvalue weighted by molar-refractivity contribution is -0.115. The second kappa shape index (κ2) is 6.14. The van der Waals surface area contributed by atoms with E-state index >= 15 is 0 Å². The van der Waals surface area contributed by atoms with Gasteiger partial charge in [-0.1, -0.05) is 18.9 Å². The number of anilines is 2. The van der Waals surface area contributed by atoms with Crippen LogP contribution in [0.15, 0.2) is 24.3 Å². The van der Waals surface area contributed by atoms with E-state index in [2.05, 4.69) is 5.32 Å². The largest absolute Gasteiger partial charge is 0.399 e. The molecule has 0 radical (unpaired) electrons. The number of amides is 1. The van der Waals surface area contributed by atoms with Gasteiger partial charge in [-0.2, -0.15) is 0 Å². The first-order chi connectivity index (χ1) is 8.65. The van der Waals surface area contributed by atoms with Gasteiger partial charge < -0.3 is 11.1 Å². The molecule has 3 nitrogen and oxygen atoms in total. The zero-order valence-electron chi connectivity index (χ0n) is 10.7. The van der Waals surface area contributed by atoms with Gasteiger partial charge >= 0.3 is 0 Å². The third kappa shape index (κ3) is 3.67. The third-order valence-corrected chi connectivity index (χ3v) is 4.70. The molecule has 1 aliphatic carbocycles. The maximum Gasteiger partial charge on any atom is 0.237 e. The lowest BCUT2D eigenvalue weighted by Crippen LogP contribution is -2.24. The summed E-state index contributed by atoms with van der Waals surface area (Å²) in [5.41, 5.74) is 7.13. The predicted molar refractivity (Wildman–Crippen MR) is 78.8 cm³/mol. The average Bonchev–Trinajstić information content (AvgIpc) is 2.81. The molecule has 1 aliphatic rings. The van der Waals surface area contributed by atoms with Gasteiger partial charge in [-0.3, -0.25) is 4.79 Å². The molecule has 1 aromatic carbocycles. The quantitative estimate of drug-likeness (QED) is 0.821. The SMILES string of the molecule is CC(SC1CCCC1)C(=O)Nc1cccc(N)c1. The zero-order valence-corrected chi connectivity index (χ0v) is 11.5. The highest BCUT2D eigenvalue weighted by Gasteiger charge is 2.22. The topological polar surface area (TPSA) is 55.1 Å². The number of hydrogen-bond donors (Lipinski definition) is 2. The summed E-state index contributed by atoms with van der Waals surface area (Å²) in [6.45, 7) is 1.98. The fourth-order valence-electron chi connectivity index (χ4n) is 2.24. The molecule has 1 saturated carbocycles. The maximum atomic E-state index is 12.0. The van der Waals surface area contributed by atoms with Crippen molar-refractivity contribution in [2.45, 2.75) is 43.1 Å². The minimum atomic E-state index is -0.00506. The molecule has 0 aromatic heterocycles. The molecular weight excluding hydrogens is 244 g/mol. The van der Waals surface area contributed by atoms with E-state index in [9.17, 15) is 4.79 Å². The van der Waals surface area contributed by atoms with E-state index in [0.717, 1.165) is 5.69 Å². The van der Waals surface area contributed by atoms with Crippen LogP contribution >= 0.6 is 11.8 Å². The number of nitrogens with two attached hydrogens (primary N) is 1. The van der Waals surface area contributed by atoms with Crippen LogP contribution in [0, 0.1) is 0 Å². The van der Waals surface area contributed by atoms with E-state index in [1.165, 1.54) is 25.7 Å². The Morgan fingerprint density at radius 3 is 2.83 bits per heavy atom. The first-order valence-electron chi connectivity index (χ1n) is 6.47. The Kier molecular flexibility index (Phi) is 4.53. The number of carbonyl (C=O) groups excluding carboxylic acids is 1. The zero-order chi connectivity index (χ0) is 13.0. The molecule has 1 amide bonds. The van der Waals surface area contributed by atoms with Crippen LogP contribution in [0.1, 0.15) is 32.6 Å². The summed E-state index contributed by atoms with van der Waals surface area (Å²) in [6, 6.07) is 7.30. The molecule has 0 aliphatic heterocycles. The molecule has 2 rings (SSSR count). The predicted octanol–water partition coefficient (Wildman–Crippen LogP) is 3.27. The van der Waals surface area contributed by atoms with Crippen LogP contribution in [0.2, 0.25) is 0 Å². The highest BCUT2D eigenvalue weighted by atomic mass is 32.2. The molecule has 18 heavy (non-hydrogen) atoms. The van der Waals surface area contributed by atoms with E-state index < -0.39 is 0 Å². The number of nitrogens with one attached hydrogen (secondary N) is 1. The Bertz CT molecular complexity index is 416. The Labute approximate surface area is 113 Å². The molecule has 1 unspecified atom stereocenters. The van der Waals surface area contributed by atoms with Crippen LogP contribution in [0.5, 0.6) is 0 Å². The van der Waals surface area contributed by atoms with E-state index in [4.69, 9.17) is 5.73 Å². The molecular formula is C14H20N2OS. The molecule has 1 atom stereocenters. The first-order valence-corrected chi connectivity index (χ1v) is 7.41. The summed E-state index contributed by atoms with van der Waals surface area (Å²) in [5.74, 6) is 0.0671. The average molecular weight is 264 g/mol. The van der Waals surface area contributed by atoms with Gasteiger partial charge in [-0.05, 0) is 38.0 Å². The maximum absolute atomic E-state index is 12.0. The van der Waals surface area contributed by atoms with Crippen molar-refractivity contribution in [1.82, 2.24) is 0 Å². The normalized spacial score (nSPS) is 17.6. The highest BCUT2D eigenvalue weighted by Crippen LogP contribution is 2.32. The molecule has 1 aromatic rings. The Balaban J connectivity index is 1.86. The monoisotopic (exact) mass is 264 g/mol. The summed E-state index contributed by atoms with van der Waals surface area (Å²) in [4.78, 5) is 12.0. The van der Waals surface area contributed by atoms with Crippen LogP contribution in [-0.4, -0.2) is 16.4 Å². The Hall–Kier alpha value is -1.16. The summed E-state index contributed by atoms with van der Waals surface area (Å²) < 4.78 is 0. The van der Waals surface area contributed by atoms with Crippen molar-refractivity contribution in [3.05, 3.63) is 24.3 Å². The summed E-state index contributed by atoms with van der Waals surface area (Å²) in [7, 11) is 0. The van der Waals surface area contributed by atoms with Gasteiger partial charge in [0.25, 0.3) is 0 Å². The number of thioether (sulfide) groups is 1. The second-order valence-corrected chi connectivity index (χ2v) is 6.45. The molecule has 1 fully saturated rings. The van der Waals surface area contributed by atoms with Crippen LogP contribution in [0.3, 0.4) is 0 Å². The lowest BCUT2D eigenvalue weighted by Gasteiger charge is -2.16. The molecule has 0 spiro atoms. The van der Waals surface area contributed by atoms with Crippen molar-refractivity contribution in [2.24, 2.45) is 0 Å². The Morgan fingerprint density at radius 1 is 1.44 bits per heavy atom. The first kappa shape index (κ1) is 13.3. The van der Waals surface area contributed by atoms with Crippen molar-refractivity contribution in [2.75, 3.05) is 11.1 Å². The molecule has 3 N–H and O–H groups in total. The minimum absolute atomic E-state index is 0.00506. The molecule has 98 valence electrons. The van der Waals surface area contributed by atoms with Crippen molar-refractivity contribution in [1.29, 1.82) is 0 Å². The van der Waals surface area contributed by atoms with Gasteiger partial charge in [0.2, 0.25) is 5.91 Å². The van der Waals surface area contributed by atoms with Crippen LogP contribution in [0.25, 0.3) is 0 Å². The molecule has 0 bridgehead atoms. The summed E-state index contributed by atoms with van der Waals surface area (Å²) in [6.07, 6.45) is 5.11. The summed E-state index contributed by atoms with van der Waals surface area (Å²) >= 11 is 1.80. The van der Waals surface area contributed by atoms with Gasteiger partial charge in [0.15, 0.2) is 0 Å². The smallest absolute Gasteiger partial charge is 0.237 e. The third-order valence-electron chi connectivity index (χ3n) is 3.22. The highest BCUT2D eigenvalue weighted by molar-refractivity contribution is 8.01.